The maximum Gasteiger partial charge on any atom is 0.391 e. The van der Waals surface area contributed by atoms with Crippen molar-refractivity contribution in [1.29, 1.82) is 5.41 Å². The molecule has 3 nitrogen and oxygen atoms in total. The second-order valence-electron chi connectivity index (χ2n) is 5.65. The van der Waals surface area contributed by atoms with Gasteiger partial charge in [0.1, 0.15) is 5.84 Å². The van der Waals surface area contributed by atoms with Crippen molar-refractivity contribution in [2.24, 2.45) is 11.7 Å². The maximum absolute atomic E-state index is 12.6. The van der Waals surface area contributed by atoms with Crippen LogP contribution in [0.4, 0.5) is 13.2 Å². The smallest absolute Gasteiger partial charge is 0.384 e. The molecule has 0 aliphatic carbocycles. The van der Waals surface area contributed by atoms with E-state index < -0.39 is 12.1 Å². The molecule has 1 aromatic rings. The molecule has 0 aromatic heterocycles. The molecule has 1 saturated heterocycles. The lowest BCUT2D eigenvalue weighted by Crippen LogP contribution is -2.38. The number of piperidine rings is 1. The third kappa shape index (κ3) is 3.97. The third-order valence-electron chi connectivity index (χ3n) is 4.10. The van der Waals surface area contributed by atoms with Crippen LogP contribution < -0.4 is 5.73 Å². The van der Waals surface area contributed by atoms with E-state index in [1.54, 1.807) is 6.07 Å². The molecule has 1 heterocycles. The Morgan fingerprint density at radius 2 is 1.95 bits per heavy atom. The van der Waals surface area contributed by atoms with Crippen molar-refractivity contribution in [2.75, 3.05) is 13.1 Å². The van der Waals surface area contributed by atoms with Crippen molar-refractivity contribution in [3.8, 4) is 0 Å². The van der Waals surface area contributed by atoms with Gasteiger partial charge in [-0.1, -0.05) is 12.1 Å². The Kier molecular flexibility index (Phi) is 4.56. The summed E-state index contributed by atoms with van der Waals surface area (Å²) in [6.07, 6.45) is -3.71. The second-order valence-corrected chi connectivity index (χ2v) is 5.65. The number of amidine groups is 1. The zero-order chi connectivity index (χ0) is 15.6. The van der Waals surface area contributed by atoms with Crippen molar-refractivity contribution in [3.63, 3.8) is 0 Å². The van der Waals surface area contributed by atoms with Crippen molar-refractivity contribution in [1.82, 2.24) is 4.90 Å². The zero-order valence-corrected chi connectivity index (χ0v) is 12.0. The molecule has 0 amide bonds. The Bertz CT molecular complexity index is 517. The number of nitrogen functional groups attached to an aromatic ring is 1. The fraction of sp³-hybridized carbons (Fsp3) is 0.533. The van der Waals surface area contributed by atoms with E-state index in [1.807, 2.05) is 19.1 Å². The van der Waals surface area contributed by atoms with Gasteiger partial charge in [-0.3, -0.25) is 10.3 Å². The highest BCUT2D eigenvalue weighted by Crippen LogP contribution is 2.34. The molecule has 0 atom stereocenters. The SMILES string of the molecule is Cc1cc(C(=N)N)ccc1CN1CCC(C(F)(F)F)CC1. The van der Waals surface area contributed by atoms with Crippen LogP contribution in [0.1, 0.15) is 29.5 Å². The average Bonchev–Trinajstić information content (AvgIpc) is 2.40. The fourth-order valence-electron chi connectivity index (χ4n) is 2.70. The van der Waals surface area contributed by atoms with Gasteiger partial charge < -0.3 is 5.73 Å². The summed E-state index contributed by atoms with van der Waals surface area (Å²) in [6.45, 7) is 3.52. The van der Waals surface area contributed by atoms with Crippen LogP contribution in [0.2, 0.25) is 0 Å². The minimum absolute atomic E-state index is 0.0237. The standard InChI is InChI=1S/C15H20F3N3/c1-10-8-11(14(19)20)2-3-12(10)9-21-6-4-13(5-7-21)15(16,17)18/h2-3,8,13H,4-7,9H2,1H3,(H3,19,20). The first kappa shape index (κ1) is 15.8. The van der Waals surface area contributed by atoms with E-state index in [1.165, 1.54) is 0 Å². The number of hydrogen-bond acceptors (Lipinski definition) is 2. The first-order valence-electron chi connectivity index (χ1n) is 7.00. The van der Waals surface area contributed by atoms with E-state index in [9.17, 15) is 13.2 Å². The molecule has 0 unspecified atom stereocenters. The first-order valence-corrected chi connectivity index (χ1v) is 7.00. The van der Waals surface area contributed by atoms with Crippen molar-refractivity contribution in [2.45, 2.75) is 32.5 Å². The number of rotatable bonds is 3. The van der Waals surface area contributed by atoms with Gasteiger partial charge in [0.25, 0.3) is 0 Å². The van der Waals surface area contributed by atoms with Crippen LogP contribution in [0.15, 0.2) is 18.2 Å². The van der Waals surface area contributed by atoms with Crippen LogP contribution in [0.3, 0.4) is 0 Å². The lowest BCUT2D eigenvalue weighted by molar-refractivity contribution is -0.185. The number of hydrogen-bond donors (Lipinski definition) is 2. The summed E-state index contributed by atoms with van der Waals surface area (Å²) in [5.41, 5.74) is 8.20. The molecule has 1 fully saturated rings. The van der Waals surface area contributed by atoms with Gasteiger partial charge in [0.15, 0.2) is 0 Å². The number of alkyl halides is 3. The number of likely N-dealkylation sites (tertiary alicyclic amines) is 1. The van der Waals surface area contributed by atoms with Gasteiger partial charge in [0.05, 0.1) is 5.92 Å². The quantitative estimate of drug-likeness (QED) is 0.666. The van der Waals surface area contributed by atoms with Gasteiger partial charge >= 0.3 is 6.18 Å². The normalized spacial score (nSPS) is 17.9. The van der Waals surface area contributed by atoms with Gasteiger partial charge in [-0.15, -0.1) is 0 Å². The Morgan fingerprint density at radius 3 is 2.43 bits per heavy atom. The molecule has 0 saturated carbocycles. The Labute approximate surface area is 122 Å². The van der Waals surface area contributed by atoms with Crippen LogP contribution in [0.5, 0.6) is 0 Å². The monoisotopic (exact) mass is 299 g/mol. The topological polar surface area (TPSA) is 53.1 Å². The predicted molar refractivity (Wildman–Crippen MR) is 76.3 cm³/mol. The van der Waals surface area contributed by atoms with E-state index in [0.717, 1.165) is 11.1 Å². The molecule has 1 aliphatic rings. The molecule has 21 heavy (non-hydrogen) atoms. The molecular weight excluding hydrogens is 279 g/mol. The summed E-state index contributed by atoms with van der Waals surface area (Å²) < 4.78 is 37.9. The van der Waals surface area contributed by atoms with E-state index >= 15 is 0 Å². The number of aryl methyl sites for hydroxylation is 1. The minimum atomic E-state index is -4.06. The Balaban J connectivity index is 1.96. The second kappa shape index (κ2) is 6.05. The lowest BCUT2D eigenvalue weighted by atomic mass is 9.95. The molecule has 0 bridgehead atoms. The largest absolute Gasteiger partial charge is 0.391 e. The van der Waals surface area contributed by atoms with Gasteiger partial charge in [-0.25, -0.2) is 0 Å². The number of nitrogens with two attached hydrogens (primary N) is 1. The molecular formula is C15H20F3N3. The highest BCUT2D eigenvalue weighted by Gasteiger charge is 2.40. The minimum Gasteiger partial charge on any atom is -0.384 e. The Hall–Kier alpha value is -1.56. The van der Waals surface area contributed by atoms with E-state index in [2.05, 4.69) is 4.90 Å². The number of halogens is 3. The van der Waals surface area contributed by atoms with Crippen molar-refractivity contribution >= 4 is 5.84 Å². The van der Waals surface area contributed by atoms with Crippen LogP contribution in [-0.4, -0.2) is 30.0 Å². The third-order valence-corrected chi connectivity index (χ3v) is 4.10. The summed E-state index contributed by atoms with van der Waals surface area (Å²) in [6, 6.07) is 5.54. The van der Waals surface area contributed by atoms with E-state index in [0.29, 0.717) is 25.2 Å². The van der Waals surface area contributed by atoms with Gasteiger partial charge in [-0.2, -0.15) is 13.2 Å². The van der Waals surface area contributed by atoms with E-state index in [-0.39, 0.29) is 18.7 Å². The van der Waals surface area contributed by atoms with Crippen LogP contribution >= 0.6 is 0 Å². The molecule has 1 aliphatic heterocycles. The maximum atomic E-state index is 12.6. The van der Waals surface area contributed by atoms with Crippen LogP contribution in [0, 0.1) is 18.3 Å². The number of benzene rings is 1. The fourth-order valence-corrected chi connectivity index (χ4v) is 2.70. The highest BCUT2D eigenvalue weighted by atomic mass is 19.4. The molecule has 2 rings (SSSR count). The molecule has 0 spiro atoms. The summed E-state index contributed by atoms with van der Waals surface area (Å²) in [5, 5.41) is 7.40. The van der Waals surface area contributed by atoms with Crippen molar-refractivity contribution < 1.29 is 13.2 Å². The van der Waals surface area contributed by atoms with Crippen LogP contribution in [-0.2, 0) is 6.54 Å². The molecule has 116 valence electrons. The van der Waals surface area contributed by atoms with E-state index in [4.69, 9.17) is 11.1 Å². The molecule has 1 aromatic carbocycles. The number of nitrogens with one attached hydrogen (secondary N) is 1. The summed E-state index contributed by atoms with van der Waals surface area (Å²) >= 11 is 0. The average molecular weight is 299 g/mol. The Morgan fingerprint density at radius 1 is 1.33 bits per heavy atom. The summed E-state index contributed by atoms with van der Waals surface area (Å²) in [5.74, 6) is -1.13. The molecule has 3 N–H and O–H groups in total. The molecule has 0 radical (unpaired) electrons. The van der Waals surface area contributed by atoms with Crippen molar-refractivity contribution in [3.05, 3.63) is 34.9 Å². The zero-order valence-electron chi connectivity index (χ0n) is 12.0. The van der Waals surface area contributed by atoms with Crippen LogP contribution in [0.25, 0.3) is 0 Å². The summed E-state index contributed by atoms with van der Waals surface area (Å²) in [4.78, 5) is 2.05. The summed E-state index contributed by atoms with van der Waals surface area (Å²) in [7, 11) is 0. The first-order chi connectivity index (χ1) is 9.77. The predicted octanol–water partition coefficient (Wildman–Crippen LogP) is 3.05. The highest BCUT2D eigenvalue weighted by molar-refractivity contribution is 5.95. The van der Waals surface area contributed by atoms with Gasteiger partial charge in [0.2, 0.25) is 0 Å². The van der Waals surface area contributed by atoms with Gasteiger partial charge in [-0.05, 0) is 50.0 Å². The van der Waals surface area contributed by atoms with Gasteiger partial charge in [0, 0.05) is 12.1 Å². The molecule has 6 heteroatoms. The lowest BCUT2D eigenvalue weighted by Gasteiger charge is -2.33. The number of nitrogens with zero attached hydrogens (tertiary/aromatic N) is 1.